The van der Waals surface area contributed by atoms with Gasteiger partial charge in [-0.15, -0.1) is 0 Å². The van der Waals surface area contributed by atoms with Crippen LogP contribution in [0.5, 0.6) is 0 Å². The lowest BCUT2D eigenvalue weighted by Gasteiger charge is -2.33. The summed E-state index contributed by atoms with van der Waals surface area (Å²) in [4.78, 5) is 28.1. The van der Waals surface area contributed by atoms with Gasteiger partial charge in [-0.2, -0.15) is 0 Å². The molecule has 0 saturated carbocycles. The fraction of sp³-hybridized carbons (Fsp3) is 0.417. The van der Waals surface area contributed by atoms with Gasteiger partial charge in [-0.05, 0) is 42.7 Å². The Kier molecular flexibility index (Phi) is 11.2. The highest BCUT2D eigenvalue weighted by atomic mass is 35.5. The van der Waals surface area contributed by atoms with E-state index < -0.39 is 28.5 Å². The molecule has 0 heterocycles. The zero-order chi connectivity index (χ0) is 27.2. The zero-order valence-corrected chi connectivity index (χ0v) is 24.2. The summed E-state index contributed by atoms with van der Waals surface area (Å²) in [6.07, 6.45) is 1.24. The van der Waals surface area contributed by atoms with E-state index in [1.54, 1.807) is 25.1 Å². The maximum Gasteiger partial charge on any atom is 0.244 e. The molecule has 0 aliphatic carbocycles. The summed E-state index contributed by atoms with van der Waals surface area (Å²) >= 11 is 24.9. The van der Waals surface area contributed by atoms with Gasteiger partial charge in [0.1, 0.15) is 12.6 Å². The first-order valence-electron chi connectivity index (χ1n) is 11.2. The van der Waals surface area contributed by atoms with Crippen molar-refractivity contribution in [1.29, 1.82) is 0 Å². The largest absolute Gasteiger partial charge is 0.354 e. The molecule has 0 fully saturated rings. The Morgan fingerprint density at radius 3 is 2.11 bits per heavy atom. The first-order chi connectivity index (χ1) is 16.8. The summed E-state index contributed by atoms with van der Waals surface area (Å²) in [6, 6.07) is 8.30. The van der Waals surface area contributed by atoms with Gasteiger partial charge in [0.15, 0.2) is 0 Å². The molecule has 0 aliphatic rings. The minimum absolute atomic E-state index is 0.0585. The molecule has 0 saturated heterocycles. The number of halogens is 4. The molecule has 7 nitrogen and oxygen atoms in total. The summed E-state index contributed by atoms with van der Waals surface area (Å²) in [6.45, 7) is 5.38. The smallest absolute Gasteiger partial charge is 0.244 e. The standard InChI is InChI=1S/C24H29Cl4N3O4S/c1-5-21(24(33)29-12-15(2)3)30(13-17-18(26)7-6-8-19(17)27)23(32)14-31(36(4,34)35)22-10-9-16(25)11-20(22)28/h6-11,15,21H,5,12-14H2,1-4H3,(H,29,33)/t21-/m1/s1. The lowest BCUT2D eigenvalue weighted by atomic mass is 10.1. The van der Waals surface area contributed by atoms with E-state index >= 15 is 0 Å². The second-order valence-corrected chi connectivity index (χ2v) is 12.2. The van der Waals surface area contributed by atoms with Crippen molar-refractivity contribution >= 4 is 73.9 Å². The molecule has 2 aromatic rings. The predicted molar refractivity (Wildman–Crippen MR) is 148 cm³/mol. The molecule has 1 N–H and O–H groups in total. The summed E-state index contributed by atoms with van der Waals surface area (Å²) in [5.74, 6) is -0.798. The quantitative estimate of drug-likeness (QED) is 0.363. The van der Waals surface area contributed by atoms with Crippen molar-refractivity contribution in [1.82, 2.24) is 10.2 Å². The summed E-state index contributed by atoms with van der Waals surface area (Å²) < 4.78 is 26.3. The molecule has 0 radical (unpaired) electrons. The normalized spacial score (nSPS) is 12.4. The van der Waals surface area contributed by atoms with E-state index in [-0.39, 0.29) is 35.5 Å². The van der Waals surface area contributed by atoms with Gasteiger partial charge in [0.05, 0.1) is 17.0 Å². The molecule has 36 heavy (non-hydrogen) atoms. The van der Waals surface area contributed by atoms with E-state index in [0.29, 0.717) is 27.2 Å². The van der Waals surface area contributed by atoms with Gasteiger partial charge < -0.3 is 10.2 Å². The van der Waals surface area contributed by atoms with Gasteiger partial charge in [0, 0.05) is 33.7 Å². The molecule has 2 aromatic carbocycles. The van der Waals surface area contributed by atoms with Crippen LogP contribution in [-0.4, -0.2) is 50.5 Å². The van der Waals surface area contributed by atoms with E-state index in [2.05, 4.69) is 5.32 Å². The number of carbonyl (C=O) groups excluding carboxylic acids is 2. The van der Waals surface area contributed by atoms with Crippen LogP contribution in [0.25, 0.3) is 0 Å². The first kappa shape index (κ1) is 30.5. The van der Waals surface area contributed by atoms with E-state index in [1.807, 2.05) is 13.8 Å². The fourth-order valence-corrected chi connectivity index (χ4v) is 5.41. The highest BCUT2D eigenvalue weighted by Crippen LogP contribution is 2.31. The number of nitrogens with zero attached hydrogens (tertiary/aromatic N) is 2. The maximum absolute atomic E-state index is 13.7. The Bertz CT molecular complexity index is 1190. The van der Waals surface area contributed by atoms with Crippen molar-refractivity contribution in [3.63, 3.8) is 0 Å². The van der Waals surface area contributed by atoms with Crippen molar-refractivity contribution in [2.75, 3.05) is 23.7 Å². The average molecular weight is 597 g/mol. The number of hydrogen-bond acceptors (Lipinski definition) is 4. The molecule has 0 aromatic heterocycles. The third-order valence-corrected chi connectivity index (χ3v) is 7.69. The van der Waals surface area contributed by atoms with Crippen LogP contribution in [0.4, 0.5) is 5.69 Å². The fourth-order valence-electron chi connectivity index (χ4n) is 3.47. The summed E-state index contributed by atoms with van der Waals surface area (Å²) in [7, 11) is -3.94. The van der Waals surface area contributed by atoms with Crippen molar-refractivity contribution in [3.8, 4) is 0 Å². The Morgan fingerprint density at radius 1 is 1.00 bits per heavy atom. The highest BCUT2D eigenvalue weighted by molar-refractivity contribution is 7.92. The van der Waals surface area contributed by atoms with Gasteiger partial charge in [0.25, 0.3) is 0 Å². The third kappa shape index (κ3) is 8.15. The van der Waals surface area contributed by atoms with E-state index in [1.165, 1.54) is 23.1 Å². The molecular weight excluding hydrogens is 568 g/mol. The lowest BCUT2D eigenvalue weighted by Crippen LogP contribution is -2.52. The summed E-state index contributed by atoms with van der Waals surface area (Å²) in [5.41, 5.74) is 0.532. The minimum atomic E-state index is -3.94. The van der Waals surface area contributed by atoms with Crippen LogP contribution in [0.2, 0.25) is 20.1 Å². The van der Waals surface area contributed by atoms with Gasteiger partial charge in [0.2, 0.25) is 21.8 Å². The molecule has 0 bridgehead atoms. The van der Waals surface area contributed by atoms with Crippen LogP contribution in [0.15, 0.2) is 36.4 Å². The maximum atomic E-state index is 13.7. The predicted octanol–water partition coefficient (Wildman–Crippen LogP) is 5.65. The second kappa shape index (κ2) is 13.2. The zero-order valence-electron chi connectivity index (χ0n) is 20.4. The first-order valence-corrected chi connectivity index (χ1v) is 14.5. The van der Waals surface area contributed by atoms with Crippen molar-refractivity contribution in [3.05, 3.63) is 62.1 Å². The molecule has 1 atom stereocenters. The van der Waals surface area contributed by atoms with Crippen LogP contribution in [-0.2, 0) is 26.2 Å². The van der Waals surface area contributed by atoms with Crippen LogP contribution >= 0.6 is 46.4 Å². The molecule has 0 unspecified atom stereocenters. The van der Waals surface area contributed by atoms with Crippen molar-refractivity contribution < 1.29 is 18.0 Å². The number of carbonyl (C=O) groups is 2. The minimum Gasteiger partial charge on any atom is -0.354 e. The summed E-state index contributed by atoms with van der Waals surface area (Å²) in [5, 5.41) is 3.85. The Hall–Kier alpha value is -1.71. The van der Waals surface area contributed by atoms with Crippen LogP contribution in [0, 0.1) is 5.92 Å². The van der Waals surface area contributed by atoms with Gasteiger partial charge in [-0.25, -0.2) is 8.42 Å². The topological polar surface area (TPSA) is 86.8 Å². The number of amides is 2. The van der Waals surface area contributed by atoms with Crippen LogP contribution in [0.3, 0.4) is 0 Å². The number of nitrogens with one attached hydrogen (secondary N) is 1. The third-order valence-electron chi connectivity index (χ3n) is 5.32. The number of anilines is 1. The average Bonchev–Trinajstić information content (AvgIpc) is 2.77. The molecule has 0 aliphatic heterocycles. The SMILES string of the molecule is CC[C@H](C(=O)NCC(C)C)N(Cc1c(Cl)cccc1Cl)C(=O)CN(c1ccc(Cl)cc1Cl)S(C)(=O)=O. The van der Waals surface area contributed by atoms with Gasteiger partial charge >= 0.3 is 0 Å². The second-order valence-electron chi connectivity index (χ2n) is 8.65. The lowest BCUT2D eigenvalue weighted by molar-refractivity contribution is -0.140. The van der Waals surface area contributed by atoms with Gasteiger partial charge in [-0.1, -0.05) is 73.2 Å². The number of sulfonamides is 1. The van der Waals surface area contributed by atoms with Crippen molar-refractivity contribution in [2.45, 2.75) is 39.8 Å². The highest BCUT2D eigenvalue weighted by Gasteiger charge is 2.33. The Morgan fingerprint density at radius 2 is 1.61 bits per heavy atom. The molecule has 12 heteroatoms. The molecule has 0 spiro atoms. The number of benzene rings is 2. The van der Waals surface area contributed by atoms with Crippen LogP contribution in [0.1, 0.15) is 32.8 Å². The Labute approximate surface area is 232 Å². The monoisotopic (exact) mass is 595 g/mol. The van der Waals surface area contributed by atoms with Crippen molar-refractivity contribution in [2.24, 2.45) is 5.92 Å². The molecular formula is C24H29Cl4N3O4S. The number of hydrogen-bond donors (Lipinski definition) is 1. The molecule has 2 rings (SSSR count). The molecule has 198 valence electrons. The Balaban J connectivity index is 2.51. The van der Waals surface area contributed by atoms with Gasteiger partial charge in [-0.3, -0.25) is 13.9 Å². The molecule has 2 amide bonds. The van der Waals surface area contributed by atoms with E-state index in [0.717, 1.165) is 10.6 Å². The van der Waals surface area contributed by atoms with E-state index in [4.69, 9.17) is 46.4 Å². The number of rotatable bonds is 11. The van der Waals surface area contributed by atoms with Crippen LogP contribution < -0.4 is 9.62 Å². The van der Waals surface area contributed by atoms with E-state index in [9.17, 15) is 18.0 Å².